The molecule has 0 radical (unpaired) electrons. The van der Waals surface area contributed by atoms with Gasteiger partial charge in [0.2, 0.25) is 5.76 Å². The lowest BCUT2D eigenvalue weighted by atomic mass is 10.1. The van der Waals surface area contributed by atoms with Crippen molar-refractivity contribution in [3.63, 3.8) is 0 Å². The quantitative estimate of drug-likeness (QED) is 0.692. The number of rotatable bonds is 7. The van der Waals surface area contributed by atoms with Crippen LogP contribution in [-0.2, 0) is 6.54 Å². The normalized spacial score (nSPS) is 12.9. The number of aromatic carboxylic acids is 1. The number of nitrogens with one attached hydrogen (secondary N) is 1. The third-order valence-electron chi connectivity index (χ3n) is 2.67. The van der Waals surface area contributed by atoms with Crippen molar-refractivity contribution in [2.75, 3.05) is 6.54 Å². The van der Waals surface area contributed by atoms with E-state index in [1.807, 2.05) is 0 Å². The van der Waals surface area contributed by atoms with Crippen LogP contribution in [0.3, 0.4) is 0 Å². The molecule has 0 fully saturated rings. The van der Waals surface area contributed by atoms with Crippen LogP contribution in [0.15, 0.2) is 10.5 Å². The first-order valence-corrected chi connectivity index (χ1v) is 6.11. The Bertz CT molecular complexity index is 398. The maximum Gasteiger partial charge on any atom is 0.371 e. The van der Waals surface area contributed by atoms with E-state index in [2.05, 4.69) is 19.2 Å². The van der Waals surface area contributed by atoms with Crippen LogP contribution in [0.25, 0.3) is 0 Å². The zero-order chi connectivity index (χ0) is 13.7. The molecule has 18 heavy (non-hydrogen) atoms. The van der Waals surface area contributed by atoms with Crippen molar-refractivity contribution in [3.05, 3.63) is 23.2 Å². The van der Waals surface area contributed by atoms with Gasteiger partial charge in [0.1, 0.15) is 5.76 Å². The summed E-state index contributed by atoms with van der Waals surface area (Å²) >= 11 is 0. The van der Waals surface area contributed by atoms with E-state index in [0.717, 1.165) is 12.0 Å². The van der Waals surface area contributed by atoms with E-state index in [-0.39, 0.29) is 11.9 Å². The molecular weight excluding hydrogens is 234 g/mol. The lowest BCUT2D eigenvalue weighted by molar-refractivity contribution is 0.0661. The van der Waals surface area contributed by atoms with Gasteiger partial charge in [-0.15, -0.1) is 0 Å². The Morgan fingerprint density at radius 2 is 2.17 bits per heavy atom. The van der Waals surface area contributed by atoms with Crippen LogP contribution in [0.4, 0.5) is 0 Å². The van der Waals surface area contributed by atoms with E-state index in [1.165, 1.54) is 6.07 Å². The molecule has 1 unspecified atom stereocenters. The number of aliphatic hydroxyl groups excluding tert-OH is 1. The maximum atomic E-state index is 10.7. The van der Waals surface area contributed by atoms with Gasteiger partial charge < -0.3 is 19.9 Å². The second-order valence-electron chi connectivity index (χ2n) is 4.91. The molecule has 0 aromatic carbocycles. The smallest absolute Gasteiger partial charge is 0.371 e. The Labute approximate surface area is 107 Å². The highest BCUT2D eigenvalue weighted by molar-refractivity contribution is 5.84. The van der Waals surface area contributed by atoms with Gasteiger partial charge in [-0.1, -0.05) is 13.8 Å². The van der Waals surface area contributed by atoms with Crippen LogP contribution in [-0.4, -0.2) is 28.8 Å². The maximum absolute atomic E-state index is 10.7. The van der Waals surface area contributed by atoms with E-state index in [0.29, 0.717) is 24.8 Å². The third kappa shape index (κ3) is 4.50. The van der Waals surface area contributed by atoms with Gasteiger partial charge in [0.25, 0.3) is 0 Å². The zero-order valence-electron chi connectivity index (χ0n) is 11.1. The molecule has 3 N–H and O–H groups in total. The van der Waals surface area contributed by atoms with E-state index < -0.39 is 5.97 Å². The topological polar surface area (TPSA) is 82.7 Å². The second kappa shape index (κ2) is 6.56. The number of hydrogen-bond donors (Lipinski definition) is 3. The molecular formula is C13H21NO4. The molecule has 1 rings (SSSR count). The average Bonchev–Trinajstić information content (AvgIpc) is 2.59. The predicted octanol–water partition coefficient (Wildman–Crippen LogP) is 1.78. The molecule has 0 aliphatic carbocycles. The van der Waals surface area contributed by atoms with Crippen molar-refractivity contribution in [3.8, 4) is 0 Å². The van der Waals surface area contributed by atoms with E-state index in [4.69, 9.17) is 9.52 Å². The zero-order valence-corrected chi connectivity index (χ0v) is 11.1. The first-order valence-electron chi connectivity index (χ1n) is 6.11. The van der Waals surface area contributed by atoms with Crippen molar-refractivity contribution in [1.29, 1.82) is 0 Å². The number of aliphatic hydroxyl groups is 1. The van der Waals surface area contributed by atoms with E-state index in [9.17, 15) is 9.90 Å². The molecule has 0 saturated carbocycles. The molecule has 1 aromatic rings. The second-order valence-corrected chi connectivity index (χ2v) is 4.91. The summed E-state index contributed by atoms with van der Waals surface area (Å²) in [5, 5.41) is 21.6. The van der Waals surface area contributed by atoms with Crippen molar-refractivity contribution < 1.29 is 19.4 Å². The van der Waals surface area contributed by atoms with Gasteiger partial charge in [-0.3, -0.25) is 0 Å². The van der Waals surface area contributed by atoms with Gasteiger partial charge >= 0.3 is 5.97 Å². The van der Waals surface area contributed by atoms with Crippen molar-refractivity contribution in [1.82, 2.24) is 5.32 Å². The molecule has 0 bridgehead atoms. The van der Waals surface area contributed by atoms with Crippen LogP contribution in [0.1, 0.15) is 42.1 Å². The summed E-state index contributed by atoms with van der Waals surface area (Å²) in [5.74, 6) is -0.0643. The van der Waals surface area contributed by atoms with Crippen LogP contribution in [0.2, 0.25) is 0 Å². The lowest BCUT2D eigenvalue weighted by Crippen LogP contribution is -2.27. The fraction of sp³-hybridized carbons (Fsp3) is 0.615. The minimum atomic E-state index is -1.07. The molecule has 5 nitrogen and oxygen atoms in total. The van der Waals surface area contributed by atoms with Crippen molar-refractivity contribution in [2.45, 2.75) is 39.8 Å². The average molecular weight is 255 g/mol. The van der Waals surface area contributed by atoms with Gasteiger partial charge in [-0.05, 0) is 25.3 Å². The first-order chi connectivity index (χ1) is 8.40. The third-order valence-corrected chi connectivity index (χ3v) is 2.67. The SMILES string of the molecule is Cc1oc(C(=O)O)cc1CNCC(O)CC(C)C. The standard InChI is InChI=1S/C13H21NO4/c1-8(2)4-11(15)7-14-6-10-5-12(13(16)17)18-9(10)3/h5,8,11,14-15H,4,6-7H2,1-3H3,(H,16,17). The Morgan fingerprint density at radius 3 is 2.67 bits per heavy atom. The van der Waals surface area contributed by atoms with Crippen LogP contribution in [0, 0.1) is 12.8 Å². The van der Waals surface area contributed by atoms with Crippen LogP contribution < -0.4 is 5.32 Å². The summed E-state index contributed by atoms with van der Waals surface area (Å²) in [6.45, 7) is 6.84. The Morgan fingerprint density at radius 1 is 1.50 bits per heavy atom. The molecule has 0 saturated heterocycles. The molecule has 0 amide bonds. The number of furan rings is 1. The van der Waals surface area contributed by atoms with E-state index in [1.54, 1.807) is 6.92 Å². The number of carboxylic acids is 1. The fourth-order valence-electron chi connectivity index (χ4n) is 1.80. The molecule has 102 valence electrons. The van der Waals surface area contributed by atoms with E-state index >= 15 is 0 Å². The number of hydrogen-bond acceptors (Lipinski definition) is 4. The number of carbonyl (C=O) groups is 1. The number of carboxylic acid groups (broad SMARTS) is 1. The van der Waals surface area contributed by atoms with Gasteiger partial charge in [0.15, 0.2) is 0 Å². The Kier molecular flexibility index (Phi) is 5.37. The summed E-state index contributed by atoms with van der Waals surface area (Å²) in [6.07, 6.45) is 0.369. The van der Waals surface area contributed by atoms with Crippen LogP contribution in [0.5, 0.6) is 0 Å². The molecule has 0 aliphatic rings. The Balaban J connectivity index is 2.42. The minimum absolute atomic E-state index is 0.0490. The summed E-state index contributed by atoms with van der Waals surface area (Å²) in [4.78, 5) is 10.7. The lowest BCUT2D eigenvalue weighted by Gasteiger charge is -2.13. The predicted molar refractivity (Wildman–Crippen MR) is 67.6 cm³/mol. The molecule has 1 atom stereocenters. The summed E-state index contributed by atoms with van der Waals surface area (Å²) < 4.78 is 5.10. The van der Waals surface area contributed by atoms with Crippen molar-refractivity contribution in [2.24, 2.45) is 5.92 Å². The fourth-order valence-corrected chi connectivity index (χ4v) is 1.80. The highest BCUT2D eigenvalue weighted by Gasteiger charge is 2.13. The number of aryl methyl sites for hydroxylation is 1. The first kappa shape index (κ1) is 14.7. The van der Waals surface area contributed by atoms with Gasteiger partial charge in [-0.2, -0.15) is 0 Å². The molecule has 0 spiro atoms. The highest BCUT2D eigenvalue weighted by Crippen LogP contribution is 2.14. The molecule has 5 heteroatoms. The Hall–Kier alpha value is -1.33. The van der Waals surface area contributed by atoms with Crippen molar-refractivity contribution >= 4 is 5.97 Å². The highest BCUT2D eigenvalue weighted by atomic mass is 16.4. The largest absolute Gasteiger partial charge is 0.475 e. The summed E-state index contributed by atoms with van der Waals surface area (Å²) in [6, 6.07) is 1.51. The summed E-state index contributed by atoms with van der Waals surface area (Å²) in [7, 11) is 0. The minimum Gasteiger partial charge on any atom is -0.475 e. The van der Waals surface area contributed by atoms with Gasteiger partial charge in [0.05, 0.1) is 6.10 Å². The molecule has 1 heterocycles. The van der Waals surface area contributed by atoms with Gasteiger partial charge in [0, 0.05) is 18.7 Å². The molecule has 1 aromatic heterocycles. The molecule has 0 aliphatic heterocycles. The summed E-state index contributed by atoms with van der Waals surface area (Å²) in [5.41, 5.74) is 0.809. The van der Waals surface area contributed by atoms with Crippen LogP contribution >= 0.6 is 0 Å². The van der Waals surface area contributed by atoms with Gasteiger partial charge in [-0.25, -0.2) is 4.79 Å². The monoisotopic (exact) mass is 255 g/mol.